The molecule has 15 heteroatoms. The molecule has 2 saturated heterocycles. The number of H-pyrrole nitrogens is 1. The van der Waals surface area contributed by atoms with Gasteiger partial charge in [-0.25, -0.2) is 9.88 Å². The van der Waals surface area contributed by atoms with E-state index in [1.54, 1.807) is 27.7 Å². The Labute approximate surface area is 200 Å². The van der Waals surface area contributed by atoms with Gasteiger partial charge in [0.2, 0.25) is 0 Å². The first kappa shape index (κ1) is 27.1. The summed E-state index contributed by atoms with van der Waals surface area (Å²) in [5, 5.41) is 12.3. The predicted octanol–water partition coefficient (Wildman–Crippen LogP) is -0.256. The van der Waals surface area contributed by atoms with Crippen molar-refractivity contribution in [3.05, 3.63) is 33.1 Å². The maximum Gasteiger partial charge on any atom is 0.330 e. The third kappa shape index (κ3) is 6.20. The fourth-order valence-electron chi connectivity index (χ4n) is 3.69. The third-order valence-electron chi connectivity index (χ3n) is 4.99. The Kier molecular flexibility index (Phi) is 8.49. The third-order valence-corrected chi connectivity index (χ3v) is 7.70. The first-order valence-corrected chi connectivity index (χ1v) is 13.2. The summed E-state index contributed by atoms with van der Waals surface area (Å²) in [7, 11) is 1.19. The number of hydrogen-bond donors (Lipinski definition) is 3. The molecule has 0 saturated carbocycles. The minimum atomic E-state index is -3.31. The molecule has 192 valence electrons. The van der Waals surface area contributed by atoms with E-state index < -0.39 is 66.8 Å². The Morgan fingerprint density at radius 3 is 2.62 bits per heavy atom. The zero-order valence-corrected chi connectivity index (χ0v) is 21.2. The highest BCUT2D eigenvalue weighted by molar-refractivity contribution is 8.09. The zero-order valence-electron chi connectivity index (χ0n) is 19.5. The SMILES string of the molecule is COC(=O)C(CO)NP(=S)(OC[C@H]1O[C@@H](n2ccc(=O)[nH]c2=O)[C@@H]2OC(C)(C)O[C@@H]21)OC(C)C. The summed E-state index contributed by atoms with van der Waals surface area (Å²) in [4.78, 5) is 38.0. The normalized spacial score (nSPS) is 28.4. The molecule has 0 aliphatic carbocycles. The molecule has 3 heterocycles. The summed E-state index contributed by atoms with van der Waals surface area (Å²) in [6.45, 7) is 2.92. The van der Waals surface area contributed by atoms with Crippen molar-refractivity contribution in [3.63, 3.8) is 0 Å². The molecule has 3 rings (SSSR count). The van der Waals surface area contributed by atoms with Crippen molar-refractivity contribution < 1.29 is 37.9 Å². The van der Waals surface area contributed by atoms with Gasteiger partial charge in [-0.3, -0.25) is 19.1 Å². The molecule has 6 atom stereocenters. The fourth-order valence-corrected chi connectivity index (χ4v) is 6.44. The van der Waals surface area contributed by atoms with Crippen molar-refractivity contribution in [3.8, 4) is 0 Å². The second-order valence-corrected chi connectivity index (χ2v) is 11.6. The minimum absolute atomic E-state index is 0.133. The van der Waals surface area contributed by atoms with Gasteiger partial charge in [-0.2, -0.15) is 0 Å². The fraction of sp³-hybridized carbons (Fsp3) is 0.737. The molecular weight excluding hydrogens is 493 g/mol. The van der Waals surface area contributed by atoms with Crippen molar-refractivity contribution >= 4 is 24.4 Å². The standard InChI is InChI=1S/C19H30N3O10PS/c1-10(2)32-33(34,21-11(8-23)17(25)27-5)28-9-12-14-15(31-19(3,4)30-14)16(29-12)22-7-6-13(24)20-18(22)26/h6-7,10-12,14-16,23H,8-9H2,1-5H3,(H,21,34)(H,20,24,26)/t11?,12-,14-,15-,16-,33?/m1/s1. The Balaban J connectivity index is 1.82. The molecule has 2 fully saturated rings. The van der Waals surface area contributed by atoms with Gasteiger partial charge in [-0.15, -0.1) is 0 Å². The number of aliphatic hydroxyl groups is 1. The van der Waals surface area contributed by atoms with Gasteiger partial charge < -0.3 is 33.1 Å². The molecule has 3 N–H and O–H groups in total. The van der Waals surface area contributed by atoms with Crippen LogP contribution in [0.1, 0.15) is 33.9 Å². The molecule has 2 aliphatic heterocycles. The largest absolute Gasteiger partial charge is 0.468 e. The number of carbonyl (C=O) groups is 1. The summed E-state index contributed by atoms with van der Waals surface area (Å²) < 4.78 is 35.6. The number of rotatable bonds is 10. The van der Waals surface area contributed by atoms with Gasteiger partial charge in [0.05, 0.1) is 26.4 Å². The highest BCUT2D eigenvalue weighted by Gasteiger charge is 2.56. The van der Waals surface area contributed by atoms with E-state index in [2.05, 4.69) is 14.8 Å². The van der Waals surface area contributed by atoms with Crippen LogP contribution in [-0.4, -0.2) is 77.2 Å². The van der Waals surface area contributed by atoms with Crippen LogP contribution in [0, 0.1) is 0 Å². The zero-order chi connectivity index (χ0) is 25.3. The number of nitrogens with one attached hydrogen (secondary N) is 2. The van der Waals surface area contributed by atoms with Gasteiger partial charge in [0.15, 0.2) is 12.0 Å². The molecule has 2 unspecified atom stereocenters. The number of fused-ring (bicyclic) bond motifs is 1. The minimum Gasteiger partial charge on any atom is -0.468 e. The van der Waals surface area contributed by atoms with Crippen LogP contribution >= 0.6 is 6.64 Å². The number of aliphatic hydroxyl groups excluding tert-OH is 1. The highest BCUT2D eigenvalue weighted by Crippen LogP contribution is 2.48. The topological polar surface area (TPSA) is 160 Å². The maximum absolute atomic E-state index is 12.4. The summed E-state index contributed by atoms with van der Waals surface area (Å²) >= 11 is 5.56. The number of aromatic amines is 1. The Morgan fingerprint density at radius 2 is 2.03 bits per heavy atom. The summed E-state index contributed by atoms with van der Waals surface area (Å²) in [6.07, 6.45) is -1.98. The maximum atomic E-state index is 12.4. The second kappa shape index (κ2) is 10.6. The lowest BCUT2D eigenvalue weighted by atomic mass is 10.1. The van der Waals surface area contributed by atoms with Crippen LogP contribution in [0.4, 0.5) is 0 Å². The van der Waals surface area contributed by atoms with E-state index in [0.717, 1.165) is 0 Å². The van der Waals surface area contributed by atoms with Crippen molar-refractivity contribution in [1.82, 2.24) is 14.6 Å². The number of hydrogen-bond acceptors (Lipinski definition) is 11. The number of aromatic nitrogens is 2. The predicted molar refractivity (Wildman–Crippen MR) is 122 cm³/mol. The molecule has 0 radical (unpaired) electrons. The van der Waals surface area contributed by atoms with Crippen molar-refractivity contribution in [2.75, 3.05) is 20.3 Å². The first-order chi connectivity index (χ1) is 15.9. The summed E-state index contributed by atoms with van der Waals surface area (Å²) in [5.74, 6) is -1.68. The van der Waals surface area contributed by atoms with Gasteiger partial charge in [-0.05, 0) is 39.5 Å². The Morgan fingerprint density at radius 1 is 1.35 bits per heavy atom. The molecule has 0 spiro atoms. The average Bonchev–Trinajstić information content (AvgIpc) is 3.22. The number of nitrogens with zero attached hydrogens (tertiary/aromatic N) is 1. The van der Waals surface area contributed by atoms with E-state index in [-0.39, 0.29) is 12.7 Å². The first-order valence-electron chi connectivity index (χ1n) is 10.6. The second-order valence-electron chi connectivity index (χ2n) is 8.48. The quantitative estimate of drug-likeness (QED) is 0.273. The van der Waals surface area contributed by atoms with Crippen molar-refractivity contribution in [2.24, 2.45) is 0 Å². The summed E-state index contributed by atoms with van der Waals surface area (Å²) in [6, 6.07) is 0.0522. The van der Waals surface area contributed by atoms with Crippen LogP contribution in [0.25, 0.3) is 0 Å². The van der Waals surface area contributed by atoms with Gasteiger partial charge in [0.1, 0.15) is 24.4 Å². The monoisotopic (exact) mass is 523 g/mol. The molecule has 0 amide bonds. The molecule has 1 aromatic heterocycles. The van der Waals surface area contributed by atoms with Crippen LogP contribution in [0.15, 0.2) is 21.9 Å². The molecule has 1 aromatic rings. The van der Waals surface area contributed by atoms with E-state index in [4.69, 9.17) is 35.1 Å². The van der Waals surface area contributed by atoms with Gasteiger partial charge in [0, 0.05) is 12.3 Å². The summed E-state index contributed by atoms with van der Waals surface area (Å²) in [5.41, 5.74) is -1.20. The Bertz CT molecular complexity index is 1040. The van der Waals surface area contributed by atoms with Gasteiger partial charge >= 0.3 is 11.7 Å². The lowest BCUT2D eigenvalue weighted by Crippen LogP contribution is -2.40. The van der Waals surface area contributed by atoms with E-state index in [0.29, 0.717) is 0 Å². The lowest BCUT2D eigenvalue weighted by molar-refractivity contribution is -0.200. The molecule has 2 aliphatic rings. The van der Waals surface area contributed by atoms with E-state index in [1.807, 2.05) is 0 Å². The number of carbonyl (C=O) groups excluding carboxylic acids is 1. The van der Waals surface area contributed by atoms with Gasteiger partial charge in [0.25, 0.3) is 12.2 Å². The Hall–Kier alpha value is -1.48. The van der Waals surface area contributed by atoms with Crippen LogP contribution in [0.2, 0.25) is 0 Å². The van der Waals surface area contributed by atoms with Crippen LogP contribution in [-0.2, 0) is 44.6 Å². The molecule has 34 heavy (non-hydrogen) atoms. The van der Waals surface area contributed by atoms with Crippen LogP contribution < -0.4 is 16.3 Å². The molecular formula is C19H30N3O10PS. The van der Waals surface area contributed by atoms with Crippen molar-refractivity contribution in [1.29, 1.82) is 0 Å². The van der Waals surface area contributed by atoms with E-state index in [1.165, 1.54) is 23.9 Å². The van der Waals surface area contributed by atoms with Gasteiger partial charge in [-0.1, -0.05) is 0 Å². The molecule has 0 aromatic carbocycles. The molecule has 13 nitrogen and oxygen atoms in total. The van der Waals surface area contributed by atoms with Crippen molar-refractivity contribution in [2.45, 2.75) is 70.2 Å². The lowest BCUT2D eigenvalue weighted by Gasteiger charge is -2.30. The number of methoxy groups -OCH3 is 1. The smallest absolute Gasteiger partial charge is 0.330 e. The highest BCUT2D eigenvalue weighted by atomic mass is 32.5. The van der Waals surface area contributed by atoms with E-state index in [9.17, 15) is 19.5 Å². The number of esters is 1. The van der Waals surface area contributed by atoms with E-state index >= 15 is 0 Å². The molecule has 0 bridgehead atoms. The number of ether oxygens (including phenoxy) is 4. The van der Waals surface area contributed by atoms with Crippen LogP contribution in [0.5, 0.6) is 0 Å². The average molecular weight is 524 g/mol. The van der Waals surface area contributed by atoms with Crippen LogP contribution in [0.3, 0.4) is 0 Å².